The molecule has 1 aliphatic rings. The average Bonchev–Trinajstić information content (AvgIpc) is 2.73. The topological polar surface area (TPSA) is 65.1 Å². The Balaban J connectivity index is 1.78. The van der Waals surface area contributed by atoms with Crippen LogP contribution in [0.3, 0.4) is 0 Å². The van der Waals surface area contributed by atoms with Gasteiger partial charge in [-0.05, 0) is 55.0 Å². The molecule has 0 radical (unpaired) electrons. The number of carbonyl (C=O) groups is 2. The quantitative estimate of drug-likeness (QED) is 0.625. The molecular formula is C25H31NO5. The van der Waals surface area contributed by atoms with Crippen LogP contribution in [0.2, 0.25) is 0 Å². The van der Waals surface area contributed by atoms with Gasteiger partial charge in [-0.15, -0.1) is 0 Å². The third-order valence-electron chi connectivity index (χ3n) is 5.23. The second-order valence-corrected chi connectivity index (χ2v) is 8.49. The predicted octanol–water partition coefficient (Wildman–Crippen LogP) is 4.75. The Labute approximate surface area is 184 Å². The largest absolute Gasteiger partial charge is 0.489 e. The molecule has 0 aliphatic carbocycles. The van der Waals surface area contributed by atoms with Crippen molar-refractivity contribution in [3.63, 3.8) is 0 Å². The van der Waals surface area contributed by atoms with Crippen molar-refractivity contribution in [1.82, 2.24) is 4.90 Å². The lowest BCUT2D eigenvalue weighted by molar-refractivity contribution is -0.147. The molecular weight excluding hydrogens is 394 g/mol. The van der Waals surface area contributed by atoms with E-state index in [9.17, 15) is 9.59 Å². The van der Waals surface area contributed by atoms with Crippen LogP contribution in [0.25, 0.3) is 0 Å². The van der Waals surface area contributed by atoms with E-state index in [0.29, 0.717) is 26.2 Å². The monoisotopic (exact) mass is 425 g/mol. The summed E-state index contributed by atoms with van der Waals surface area (Å²) in [7, 11) is 1.33. The Morgan fingerprint density at radius 2 is 1.81 bits per heavy atom. The summed E-state index contributed by atoms with van der Waals surface area (Å²) in [5, 5.41) is 0. The number of hydrogen-bond acceptors (Lipinski definition) is 5. The van der Waals surface area contributed by atoms with E-state index < -0.39 is 18.1 Å². The molecule has 0 bridgehead atoms. The van der Waals surface area contributed by atoms with Gasteiger partial charge in [-0.1, -0.05) is 49.2 Å². The maximum absolute atomic E-state index is 12.6. The van der Waals surface area contributed by atoms with E-state index in [4.69, 9.17) is 14.2 Å². The number of esters is 1. The van der Waals surface area contributed by atoms with Crippen molar-refractivity contribution in [3.8, 4) is 5.75 Å². The number of fused-ring (bicyclic) bond motifs is 1. The number of aryl methyl sites for hydroxylation is 2. The highest BCUT2D eigenvalue weighted by Gasteiger charge is 2.37. The molecule has 1 unspecified atom stereocenters. The zero-order valence-electron chi connectivity index (χ0n) is 18.9. The van der Waals surface area contributed by atoms with Crippen LogP contribution >= 0.6 is 0 Å². The van der Waals surface area contributed by atoms with Crippen molar-refractivity contribution < 1.29 is 23.8 Å². The van der Waals surface area contributed by atoms with Gasteiger partial charge in [0.05, 0.1) is 13.7 Å². The summed E-state index contributed by atoms with van der Waals surface area (Å²) >= 11 is 0. The summed E-state index contributed by atoms with van der Waals surface area (Å²) in [5.41, 5.74) is 5.24. The van der Waals surface area contributed by atoms with E-state index in [2.05, 4.69) is 32.0 Å². The van der Waals surface area contributed by atoms with Crippen molar-refractivity contribution in [3.05, 3.63) is 64.2 Å². The molecule has 0 saturated carbocycles. The van der Waals surface area contributed by atoms with Crippen LogP contribution in [0.5, 0.6) is 5.75 Å². The van der Waals surface area contributed by atoms with Crippen LogP contribution < -0.4 is 4.74 Å². The number of amides is 1. The molecule has 6 heteroatoms. The molecule has 1 aliphatic heterocycles. The summed E-state index contributed by atoms with van der Waals surface area (Å²) in [5.74, 6) is 0.471. The number of hydrogen-bond donors (Lipinski definition) is 0. The molecule has 1 amide bonds. The van der Waals surface area contributed by atoms with E-state index in [1.54, 1.807) is 0 Å². The standard InChI is InChI=1S/C25H31NO5/c1-16(2)14-31-25(28)26-9-8-20-13-21(6-7-22(20)23(26)24(27)29-5)30-15-19-11-17(3)10-18(4)12-19/h6-7,10-13,16,23H,8-9,14-15H2,1-5H3. The molecule has 31 heavy (non-hydrogen) atoms. The van der Waals surface area contributed by atoms with Crippen molar-refractivity contribution in [2.45, 2.75) is 46.8 Å². The Bertz CT molecular complexity index is 933. The minimum atomic E-state index is -0.818. The van der Waals surface area contributed by atoms with E-state index in [1.807, 2.05) is 32.0 Å². The van der Waals surface area contributed by atoms with Crippen LogP contribution in [0.15, 0.2) is 36.4 Å². The summed E-state index contributed by atoms with van der Waals surface area (Å²) < 4.78 is 16.4. The Kier molecular flexibility index (Phi) is 7.21. The minimum absolute atomic E-state index is 0.217. The molecule has 0 saturated heterocycles. The van der Waals surface area contributed by atoms with Crippen molar-refractivity contribution >= 4 is 12.1 Å². The van der Waals surface area contributed by atoms with Gasteiger partial charge < -0.3 is 14.2 Å². The SMILES string of the molecule is COC(=O)C1c2ccc(OCc3cc(C)cc(C)c3)cc2CCN1C(=O)OCC(C)C. The Morgan fingerprint density at radius 1 is 1.10 bits per heavy atom. The normalized spacial score (nSPS) is 15.4. The van der Waals surface area contributed by atoms with Crippen LogP contribution in [-0.4, -0.2) is 37.2 Å². The lowest BCUT2D eigenvalue weighted by Crippen LogP contribution is -2.44. The van der Waals surface area contributed by atoms with Crippen LogP contribution in [0.1, 0.15) is 47.7 Å². The van der Waals surface area contributed by atoms with Gasteiger partial charge in [-0.2, -0.15) is 0 Å². The molecule has 0 aromatic heterocycles. The first-order valence-electron chi connectivity index (χ1n) is 10.6. The van der Waals surface area contributed by atoms with Gasteiger partial charge in [0, 0.05) is 6.54 Å². The zero-order chi connectivity index (χ0) is 22.5. The molecule has 166 valence electrons. The summed E-state index contributed by atoms with van der Waals surface area (Å²) in [6.07, 6.45) is 0.116. The van der Waals surface area contributed by atoms with E-state index in [-0.39, 0.29) is 5.92 Å². The smallest absolute Gasteiger partial charge is 0.410 e. The predicted molar refractivity (Wildman–Crippen MR) is 118 cm³/mol. The third-order valence-corrected chi connectivity index (χ3v) is 5.23. The highest BCUT2D eigenvalue weighted by Crippen LogP contribution is 2.34. The van der Waals surface area contributed by atoms with E-state index >= 15 is 0 Å². The molecule has 0 fully saturated rings. The maximum atomic E-state index is 12.6. The lowest BCUT2D eigenvalue weighted by Gasteiger charge is -2.35. The highest BCUT2D eigenvalue weighted by atomic mass is 16.6. The minimum Gasteiger partial charge on any atom is -0.489 e. The molecule has 2 aromatic rings. The second kappa shape index (κ2) is 9.86. The fourth-order valence-corrected chi connectivity index (χ4v) is 3.90. The molecule has 0 spiro atoms. The fourth-order valence-electron chi connectivity index (χ4n) is 3.90. The van der Waals surface area contributed by atoms with Gasteiger partial charge in [0.2, 0.25) is 0 Å². The van der Waals surface area contributed by atoms with Crippen molar-refractivity contribution in [2.75, 3.05) is 20.3 Å². The van der Waals surface area contributed by atoms with Crippen molar-refractivity contribution in [1.29, 1.82) is 0 Å². The molecule has 1 heterocycles. The highest BCUT2D eigenvalue weighted by molar-refractivity contribution is 5.84. The number of rotatable bonds is 6. The third kappa shape index (κ3) is 5.57. The summed E-state index contributed by atoms with van der Waals surface area (Å²) in [4.78, 5) is 26.6. The Morgan fingerprint density at radius 3 is 2.45 bits per heavy atom. The van der Waals surface area contributed by atoms with Gasteiger partial charge >= 0.3 is 12.1 Å². The first kappa shape index (κ1) is 22.7. The van der Waals surface area contributed by atoms with Crippen LogP contribution in [0, 0.1) is 19.8 Å². The van der Waals surface area contributed by atoms with Gasteiger partial charge in [-0.25, -0.2) is 9.59 Å². The lowest BCUT2D eigenvalue weighted by atomic mass is 9.92. The van der Waals surface area contributed by atoms with E-state index in [1.165, 1.54) is 23.1 Å². The molecule has 0 N–H and O–H groups in total. The summed E-state index contributed by atoms with van der Waals surface area (Å²) in [6, 6.07) is 11.2. The average molecular weight is 426 g/mol. The van der Waals surface area contributed by atoms with Gasteiger partial charge in [0.25, 0.3) is 0 Å². The summed E-state index contributed by atoms with van der Waals surface area (Å²) in [6.45, 7) is 9.23. The van der Waals surface area contributed by atoms with E-state index in [0.717, 1.165) is 22.4 Å². The van der Waals surface area contributed by atoms with Crippen molar-refractivity contribution in [2.24, 2.45) is 5.92 Å². The molecule has 3 rings (SSSR count). The van der Waals surface area contributed by atoms with Gasteiger partial charge in [0.1, 0.15) is 12.4 Å². The number of methoxy groups -OCH3 is 1. The number of carbonyl (C=O) groups excluding carboxylic acids is 2. The second-order valence-electron chi connectivity index (χ2n) is 8.49. The first-order valence-corrected chi connectivity index (χ1v) is 10.6. The number of nitrogens with zero attached hydrogens (tertiary/aromatic N) is 1. The first-order chi connectivity index (χ1) is 14.8. The Hall–Kier alpha value is -3.02. The number of benzene rings is 2. The van der Waals surface area contributed by atoms with Gasteiger partial charge in [0.15, 0.2) is 6.04 Å². The van der Waals surface area contributed by atoms with Gasteiger partial charge in [-0.3, -0.25) is 4.90 Å². The fraction of sp³-hybridized carbons (Fsp3) is 0.440. The molecule has 2 aromatic carbocycles. The van der Waals surface area contributed by atoms with Crippen LogP contribution in [0.4, 0.5) is 4.79 Å². The maximum Gasteiger partial charge on any atom is 0.410 e. The molecule has 6 nitrogen and oxygen atoms in total. The van der Waals surface area contributed by atoms with Crippen LogP contribution in [-0.2, 0) is 27.3 Å². The zero-order valence-corrected chi connectivity index (χ0v) is 18.9. The molecule has 1 atom stereocenters. The number of ether oxygens (including phenoxy) is 3.